The van der Waals surface area contributed by atoms with Crippen LogP contribution in [0.5, 0.6) is 0 Å². The van der Waals surface area contributed by atoms with E-state index in [1.807, 2.05) is 30.3 Å². The SMILES string of the molecule is CC1C[C@@](CO[C@H](C)c2cc(C(F)(F)F)cc(C(F)(F)F)c2)(c2ccccc2)N2CCC[C@@]1(N)C2. The first-order valence-corrected chi connectivity index (χ1v) is 11.8. The van der Waals surface area contributed by atoms with Crippen molar-refractivity contribution >= 4 is 0 Å². The van der Waals surface area contributed by atoms with E-state index in [4.69, 9.17) is 10.5 Å². The number of nitrogens with two attached hydrogens (primary N) is 1. The van der Waals surface area contributed by atoms with E-state index in [1.54, 1.807) is 0 Å². The van der Waals surface area contributed by atoms with Crippen LogP contribution in [0, 0.1) is 5.92 Å². The Bertz CT molecular complexity index is 1010. The summed E-state index contributed by atoms with van der Waals surface area (Å²) in [5.74, 6) is 0.156. The zero-order valence-electron chi connectivity index (χ0n) is 19.7. The average Bonchev–Trinajstić information content (AvgIpc) is 2.80. The van der Waals surface area contributed by atoms with Crippen LogP contribution in [0.15, 0.2) is 48.5 Å². The van der Waals surface area contributed by atoms with Crippen LogP contribution >= 0.6 is 0 Å². The number of hydrogen-bond donors (Lipinski definition) is 1. The van der Waals surface area contributed by atoms with Crippen molar-refractivity contribution in [1.29, 1.82) is 0 Å². The van der Waals surface area contributed by atoms with Crippen LogP contribution in [0.25, 0.3) is 0 Å². The van der Waals surface area contributed by atoms with Gasteiger partial charge in [-0.3, -0.25) is 4.90 Å². The fraction of sp³-hybridized carbons (Fsp3) is 0.538. The molecule has 5 atom stereocenters. The number of rotatable bonds is 5. The summed E-state index contributed by atoms with van der Waals surface area (Å²) in [5.41, 5.74) is 3.96. The Morgan fingerprint density at radius 1 is 1.03 bits per heavy atom. The molecule has 2 fully saturated rings. The van der Waals surface area contributed by atoms with E-state index in [2.05, 4.69) is 11.8 Å². The highest BCUT2D eigenvalue weighted by Crippen LogP contribution is 2.48. The Morgan fingerprint density at radius 2 is 1.63 bits per heavy atom. The fourth-order valence-electron chi connectivity index (χ4n) is 5.57. The van der Waals surface area contributed by atoms with Crippen LogP contribution in [0.2, 0.25) is 0 Å². The second-order valence-electron chi connectivity index (χ2n) is 10.1. The Kier molecular flexibility index (Phi) is 6.74. The summed E-state index contributed by atoms with van der Waals surface area (Å²) in [6.45, 7) is 5.16. The minimum atomic E-state index is -4.90. The molecule has 0 aromatic heterocycles. The molecule has 0 saturated carbocycles. The normalized spacial score (nSPS) is 30.2. The predicted molar refractivity (Wildman–Crippen MR) is 120 cm³/mol. The van der Waals surface area contributed by atoms with E-state index in [1.165, 1.54) is 6.92 Å². The van der Waals surface area contributed by atoms with Crippen LogP contribution in [0.3, 0.4) is 0 Å². The summed E-state index contributed by atoms with van der Waals surface area (Å²) in [6.07, 6.45) is -8.29. The number of fused-ring (bicyclic) bond motifs is 2. The molecule has 4 rings (SSSR count). The van der Waals surface area contributed by atoms with Crippen molar-refractivity contribution in [2.24, 2.45) is 11.7 Å². The summed E-state index contributed by atoms with van der Waals surface area (Å²) in [7, 11) is 0. The molecule has 0 amide bonds. The third-order valence-corrected chi connectivity index (χ3v) is 7.75. The molecule has 0 radical (unpaired) electrons. The molecule has 2 aromatic carbocycles. The van der Waals surface area contributed by atoms with Crippen LogP contribution < -0.4 is 5.73 Å². The lowest BCUT2D eigenvalue weighted by Crippen LogP contribution is -2.69. The van der Waals surface area contributed by atoms with Gasteiger partial charge in [-0.2, -0.15) is 26.3 Å². The first-order chi connectivity index (χ1) is 16.2. The number of nitrogens with zero attached hydrogens (tertiary/aromatic N) is 1. The van der Waals surface area contributed by atoms with E-state index in [0.29, 0.717) is 13.0 Å². The van der Waals surface area contributed by atoms with Crippen LogP contribution in [-0.4, -0.2) is 30.1 Å². The smallest absolute Gasteiger partial charge is 0.372 e. The van der Waals surface area contributed by atoms with E-state index in [-0.39, 0.29) is 29.7 Å². The average molecular weight is 501 g/mol. The molecule has 35 heavy (non-hydrogen) atoms. The Labute approximate surface area is 201 Å². The first-order valence-electron chi connectivity index (χ1n) is 11.8. The minimum absolute atomic E-state index is 0.121. The number of hydrogen-bond acceptors (Lipinski definition) is 3. The molecule has 2 aromatic rings. The standard InChI is InChI=1S/C26H30F6N2O/c1-17-14-24(20-7-4-3-5-8-20,34-10-6-9-23(17,33)15-34)16-35-18(2)19-11-21(25(27,28)29)13-22(12-19)26(30,31)32/h3-5,7-8,11-13,17-18H,6,9-10,14-16,33H2,1-2H3/t17?,18-,23-,24-/m1/s1. The van der Waals surface area contributed by atoms with E-state index in [9.17, 15) is 26.3 Å². The molecular formula is C26H30F6N2O. The highest BCUT2D eigenvalue weighted by Gasteiger charge is 2.53. The van der Waals surface area contributed by atoms with Gasteiger partial charge in [-0.1, -0.05) is 37.3 Å². The van der Waals surface area contributed by atoms with Crippen molar-refractivity contribution in [2.75, 3.05) is 19.7 Å². The van der Waals surface area contributed by atoms with Crippen molar-refractivity contribution in [3.63, 3.8) is 0 Å². The molecule has 2 aliphatic heterocycles. The third-order valence-electron chi connectivity index (χ3n) is 7.75. The van der Waals surface area contributed by atoms with Crippen LogP contribution in [0.4, 0.5) is 26.3 Å². The molecule has 2 saturated heterocycles. The van der Waals surface area contributed by atoms with Crippen molar-refractivity contribution in [3.05, 3.63) is 70.8 Å². The molecule has 2 N–H and O–H groups in total. The molecule has 0 spiro atoms. The molecule has 192 valence electrons. The topological polar surface area (TPSA) is 38.5 Å². The van der Waals surface area contributed by atoms with Gasteiger partial charge in [-0.25, -0.2) is 0 Å². The minimum Gasteiger partial charge on any atom is -0.372 e. The number of halogens is 6. The zero-order valence-corrected chi connectivity index (χ0v) is 19.7. The van der Waals surface area contributed by atoms with Crippen molar-refractivity contribution in [1.82, 2.24) is 4.90 Å². The molecule has 2 bridgehead atoms. The Morgan fingerprint density at radius 3 is 2.20 bits per heavy atom. The summed E-state index contributed by atoms with van der Waals surface area (Å²) >= 11 is 0. The van der Waals surface area contributed by atoms with Gasteiger partial charge < -0.3 is 10.5 Å². The van der Waals surface area contributed by atoms with E-state index in [0.717, 1.165) is 37.1 Å². The number of piperidine rings is 2. The van der Waals surface area contributed by atoms with Crippen molar-refractivity contribution in [3.8, 4) is 0 Å². The monoisotopic (exact) mass is 500 g/mol. The lowest BCUT2D eigenvalue weighted by Gasteiger charge is -2.59. The van der Waals surface area contributed by atoms with Gasteiger partial charge in [0.15, 0.2) is 0 Å². The first kappa shape index (κ1) is 26.0. The van der Waals surface area contributed by atoms with Crippen LogP contribution in [0.1, 0.15) is 61.5 Å². The van der Waals surface area contributed by atoms with E-state index < -0.39 is 35.1 Å². The van der Waals surface area contributed by atoms with Gasteiger partial charge in [0.2, 0.25) is 0 Å². The number of benzene rings is 2. The second kappa shape index (κ2) is 9.09. The third kappa shape index (κ3) is 5.08. The van der Waals surface area contributed by atoms with Gasteiger partial charge in [0.05, 0.1) is 29.4 Å². The molecular weight excluding hydrogens is 470 g/mol. The highest BCUT2D eigenvalue weighted by molar-refractivity contribution is 5.35. The predicted octanol–water partition coefficient (Wildman–Crippen LogP) is 6.53. The molecule has 3 nitrogen and oxygen atoms in total. The van der Waals surface area contributed by atoms with Gasteiger partial charge in [0.1, 0.15) is 0 Å². The summed E-state index contributed by atoms with van der Waals surface area (Å²) in [6, 6.07) is 11.3. The maximum atomic E-state index is 13.4. The van der Waals surface area contributed by atoms with Gasteiger partial charge in [-0.05, 0) is 68.0 Å². The Balaban J connectivity index is 1.67. The van der Waals surface area contributed by atoms with Crippen molar-refractivity contribution in [2.45, 2.75) is 62.6 Å². The van der Waals surface area contributed by atoms with Gasteiger partial charge >= 0.3 is 12.4 Å². The van der Waals surface area contributed by atoms with Gasteiger partial charge in [0, 0.05) is 12.1 Å². The molecule has 0 aliphatic carbocycles. The maximum Gasteiger partial charge on any atom is 0.416 e. The summed E-state index contributed by atoms with van der Waals surface area (Å²) in [4.78, 5) is 2.28. The lowest BCUT2D eigenvalue weighted by atomic mass is 9.65. The highest BCUT2D eigenvalue weighted by atomic mass is 19.4. The molecule has 9 heteroatoms. The summed E-state index contributed by atoms with van der Waals surface area (Å²) in [5, 5.41) is 0. The molecule has 2 unspecified atom stereocenters. The molecule has 2 aliphatic rings. The number of ether oxygens (including phenoxy) is 1. The molecule has 2 heterocycles. The summed E-state index contributed by atoms with van der Waals surface area (Å²) < 4.78 is 86.2. The van der Waals surface area contributed by atoms with E-state index >= 15 is 0 Å². The van der Waals surface area contributed by atoms with Crippen molar-refractivity contribution < 1.29 is 31.1 Å². The maximum absolute atomic E-state index is 13.4. The number of alkyl halides is 6. The van der Waals surface area contributed by atoms with Crippen LogP contribution in [-0.2, 0) is 22.6 Å². The van der Waals surface area contributed by atoms with Gasteiger partial charge in [0.25, 0.3) is 0 Å². The lowest BCUT2D eigenvalue weighted by molar-refractivity contribution is -0.143. The Hall–Kier alpha value is -2.10. The van der Waals surface area contributed by atoms with Gasteiger partial charge in [-0.15, -0.1) is 0 Å². The quantitative estimate of drug-likeness (QED) is 0.475. The second-order valence-corrected chi connectivity index (χ2v) is 10.1. The zero-order chi connectivity index (χ0) is 25.6. The fourth-order valence-corrected chi connectivity index (χ4v) is 5.57. The largest absolute Gasteiger partial charge is 0.416 e.